The van der Waals surface area contributed by atoms with Crippen molar-refractivity contribution in [1.29, 1.82) is 0 Å². The highest BCUT2D eigenvalue weighted by atomic mass is 127. The first-order valence-corrected chi connectivity index (χ1v) is 7.24. The number of pyridine rings is 1. The molecule has 0 saturated carbocycles. The molecule has 0 aliphatic carbocycles. The number of hydrogen-bond donors (Lipinski definition) is 2. The van der Waals surface area contributed by atoms with Gasteiger partial charge in [0.1, 0.15) is 0 Å². The number of nitrogens with zero attached hydrogens (tertiary/aromatic N) is 2. The minimum atomic E-state index is 0. The molecule has 1 unspecified atom stereocenters. The van der Waals surface area contributed by atoms with Crippen LogP contribution in [0.4, 0.5) is 0 Å². The number of nitrogens with one attached hydrogen (secondary N) is 2. The van der Waals surface area contributed by atoms with E-state index < -0.39 is 0 Å². The molecule has 2 N–H and O–H groups in total. The Balaban J connectivity index is 0.00000264. The fraction of sp³-hybridized carbons (Fsp3) is 0.294. The number of methoxy groups -OCH3 is 1. The topological polar surface area (TPSA) is 58.5 Å². The van der Waals surface area contributed by atoms with Crippen molar-refractivity contribution in [2.75, 3.05) is 14.2 Å². The molecular formula is C17H23IN4O. The number of ether oxygens (including phenoxy) is 1. The highest BCUT2D eigenvalue weighted by Crippen LogP contribution is 2.11. The van der Waals surface area contributed by atoms with Crippen molar-refractivity contribution in [1.82, 2.24) is 15.6 Å². The molecule has 1 aromatic heterocycles. The van der Waals surface area contributed by atoms with Crippen LogP contribution in [0.5, 0.6) is 5.88 Å². The zero-order valence-corrected chi connectivity index (χ0v) is 15.9. The lowest BCUT2D eigenvalue weighted by molar-refractivity contribution is 0.397. The van der Waals surface area contributed by atoms with Gasteiger partial charge >= 0.3 is 0 Å². The smallest absolute Gasteiger partial charge is 0.213 e. The predicted octanol–water partition coefficient (Wildman–Crippen LogP) is 3.13. The average Bonchev–Trinajstić information content (AvgIpc) is 2.59. The third-order valence-electron chi connectivity index (χ3n) is 3.34. The second kappa shape index (κ2) is 10.0. The quantitative estimate of drug-likeness (QED) is 0.438. The van der Waals surface area contributed by atoms with Gasteiger partial charge in [0, 0.05) is 25.9 Å². The largest absolute Gasteiger partial charge is 0.481 e. The summed E-state index contributed by atoms with van der Waals surface area (Å²) in [6.07, 6.45) is 1.73. The fourth-order valence-corrected chi connectivity index (χ4v) is 2.08. The number of hydrogen-bond acceptors (Lipinski definition) is 3. The molecule has 2 rings (SSSR count). The van der Waals surface area contributed by atoms with E-state index in [-0.39, 0.29) is 30.0 Å². The molecule has 0 bridgehead atoms. The van der Waals surface area contributed by atoms with Crippen LogP contribution in [0.3, 0.4) is 0 Å². The van der Waals surface area contributed by atoms with Crippen LogP contribution in [0.2, 0.25) is 0 Å². The number of halogens is 1. The van der Waals surface area contributed by atoms with Gasteiger partial charge in [-0.1, -0.05) is 30.3 Å². The van der Waals surface area contributed by atoms with Crippen LogP contribution in [0.15, 0.2) is 53.7 Å². The van der Waals surface area contributed by atoms with Gasteiger partial charge in [-0.3, -0.25) is 4.99 Å². The molecule has 6 heteroatoms. The van der Waals surface area contributed by atoms with E-state index in [1.54, 1.807) is 20.4 Å². The summed E-state index contributed by atoms with van der Waals surface area (Å²) >= 11 is 0. The van der Waals surface area contributed by atoms with Crippen LogP contribution in [-0.2, 0) is 6.54 Å². The van der Waals surface area contributed by atoms with Gasteiger partial charge in [0.15, 0.2) is 5.96 Å². The predicted molar refractivity (Wildman–Crippen MR) is 104 cm³/mol. The molecule has 0 amide bonds. The summed E-state index contributed by atoms with van der Waals surface area (Å²) in [5, 5.41) is 6.67. The summed E-state index contributed by atoms with van der Waals surface area (Å²) in [6, 6.07) is 14.3. The van der Waals surface area contributed by atoms with Crippen molar-refractivity contribution in [2.24, 2.45) is 4.99 Å². The Morgan fingerprint density at radius 2 is 2.00 bits per heavy atom. The lowest BCUT2D eigenvalue weighted by atomic mass is 10.1. The van der Waals surface area contributed by atoms with Gasteiger partial charge in [0.2, 0.25) is 5.88 Å². The van der Waals surface area contributed by atoms with Gasteiger partial charge in [-0.15, -0.1) is 24.0 Å². The van der Waals surface area contributed by atoms with Gasteiger partial charge in [0.25, 0.3) is 0 Å². The molecular weight excluding hydrogens is 403 g/mol. The highest BCUT2D eigenvalue weighted by molar-refractivity contribution is 14.0. The van der Waals surface area contributed by atoms with Gasteiger partial charge in [-0.2, -0.15) is 0 Å². The third kappa shape index (κ3) is 6.05. The maximum absolute atomic E-state index is 5.13. The SMILES string of the molecule is CN=C(NCc1ccnc(OC)c1)NC(C)c1ccccc1.I. The van der Waals surface area contributed by atoms with E-state index in [4.69, 9.17) is 4.74 Å². The summed E-state index contributed by atoms with van der Waals surface area (Å²) in [7, 11) is 3.38. The van der Waals surface area contributed by atoms with E-state index in [1.165, 1.54) is 5.56 Å². The molecule has 0 fully saturated rings. The van der Waals surface area contributed by atoms with Crippen LogP contribution in [0.25, 0.3) is 0 Å². The summed E-state index contributed by atoms with van der Waals surface area (Å²) in [4.78, 5) is 8.36. The standard InChI is InChI=1S/C17H22N4O.HI/c1-13(15-7-5-4-6-8-15)21-17(18-2)20-12-14-9-10-19-16(11-14)22-3;/h4-11,13H,12H2,1-3H3,(H2,18,20,21);1H. The molecule has 23 heavy (non-hydrogen) atoms. The van der Waals surface area contributed by atoms with E-state index >= 15 is 0 Å². The van der Waals surface area contributed by atoms with E-state index in [0.717, 1.165) is 11.5 Å². The average molecular weight is 426 g/mol. The number of aliphatic imine (C=N–C) groups is 1. The second-order valence-corrected chi connectivity index (χ2v) is 4.91. The first kappa shape index (κ1) is 19.2. The lowest BCUT2D eigenvalue weighted by Crippen LogP contribution is -2.38. The van der Waals surface area contributed by atoms with Crippen molar-refractivity contribution >= 4 is 29.9 Å². The van der Waals surface area contributed by atoms with E-state index in [2.05, 4.69) is 39.7 Å². The Kier molecular flexibility index (Phi) is 8.39. The first-order valence-electron chi connectivity index (χ1n) is 7.24. The van der Waals surface area contributed by atoms with Crippen molar-refractivity contribution in [3.63, 3.8) is 0 Å². The summed E-state index contributed by atoms with van der Waals surface area (Å²) in [6.45, 7) is 2.76. The molecule has 0 aliphatic heterocycles. The van der Waals surface area contributed by atoms with Crippen LogP contribution in [0, 0.1) is 0 Å². The molecule has 2 aromatic rings. The van der Waals surface area contributed by atoms with Crippen LogP contribution < -0.4 is 15.4 Å². The normalized spacial score (nSPS) is 12.0. The monoisotopic (exact) mass is 426 g/mol. The molecule has 1 atom stereocenters. The first-order chi connectivity index (χ1) is 10.7. The summed E-state index contributed by atoms with van der Waals surface area (Å²) in [5.41, 5.74) is 2.30. The molecule has 1 heterocycles. The summed E-state index contributed by atoms with van der Waals surface area (Å²) < 4.78 is 5.13. The molecule has 0 saturated heterocycles. The van der Waals surface area contributed by atoms with Gasteiger partial charge in [0.05, 0.1) is 13.2 Å². The Morgan fingerprint density at radius 1 is 1.26 bits per heavy atom. The van der Waals surface area contributed by atoms with Gasteiger partial charge in [-0.25, -0.2) is 4.98 Å². The van der Waals surface area contributed by atoms with Crippen molar-refractivity contribution < 1.29 is 4.74 Å². The Morgan fingerprint density at radius 3 is 2.65 bits per heavy atom. The third-order valence-corrected chi connectivity index (χ3v) is 3.34. The lowest BCUT2D eigenvalue weighted by Gasteiger charge is -2.18. The summed E-state index contributed by atoms with van der Waals surface area (Å²) in [5.74, 6) is 1.37. The Hall–Kier alpha value is -1.83. The molecule has 124 valence electrons. The van der Waals surface area contributed by atoms with Gasteiger partial charge in [-0.05, 0) is 24.1 Å². The molecule has 0 radical (unpaired) electrons. The number of rotatable bonds is 5. The molecule has 0 aliphatic rings. The highest BCUT2D eigenvalue weighted by Gasteiger charge is 2.07. The fourth-order valence-electron chi connectivity index (χ4n) is 2.08. The van der Waals surface area contributed by atoms with E-state index in [0.29, 0.717) is 12.4 Å². The Bertz CT molecular complexity index is 619. The van der Waals surface area contributed by atoms with Crippen LogP contribution in [0.1, 0.15) is 24.1 Å². The number of benzene rings is 1. The molecule has 5 nitrogen and oxygen atoms in total. The Labute approximate surface area is 154 Å². The maximum atomic E-state index is 5.13. The van der Waals surface area contributed by atoms with Crippen LogP contribution >= 0.6 is 24.0 Å². The number of guanidine groups is 1. The molecule has 0 spiro atoms. The van der Waals surface area contributed by atoms with Crippen LogP contribution in [-0.4, -0.2) is 25.1 Å². The van der Waals surface area contributed by atoms with E-state index in [9.17, 15) is 0 Å². The maximum Gasteiger partial charge on any atom is 0.213 e. The zero-order chi connectivity index (χ0) is 15.8. The minimum absolute atomic E-state index is 0. The van der Waals surface area contributed by atoms with Crippen molar-refractivity contribution in [2.45, 2.75) is 19.5 Å². The minimum Gasteiger partial charge on any atom is -0.481 e. The van der Waals surface area contributed by atoms with Crippen molar-refractivity contribution in [3.8, 4) is 5.88 Å². The molecule has 1 aromatic carbocycles. The second-order valence-electron chi connectivity index (χ2n) is 4.91. The zero-order valence-electron chi connectivity index (χ0n) is 13.6. The van der Waals surface area contributed by atoms with E-state index in [1.807, 2.05) is 30.3 Å². The number of aromatic nitrogens is 1. The van der Waals surface area contributed by atoms with Gasteiger partial charge < -0.3 is 15.4 Å². The van der Waals surface area contributed by atoms with Crippen molar-refractivity contribution in [3.05, 3.63) is 59.8 Å².